The van der Waals surface area contributed by atoms with Gasteiger partial charge >= 0.3 is 5.97 Å². The van der Waals surface area contributed by atoms with Crippen LogP contribution in [-0.2, 0) is 14.8 Å². The van der Waals surface area contributed by atoms with Crippen LogP contribution in [0.2, 0.25) is 0 Å². The van der Waals surface area contributed by atoms with Gasteiger partial charge in [-0.2, -0.15) is 0 Å². The predicted molar refractivity (Wildman–Crippen MR) is 65.7 cm³/mol. The molecule has 5 nitrogen and oxygen atoms in total. The molecule has 1 saturated carbocycles. The lowest BCUT2D eigenvalue weighted by Crippen LogP contribution is -2.34. The molecule has 0 saturated heterocycles. The quantitative estimate of drug-likeness (QED) is 0.839. The fraction of sp³-hybridized carbons (Fsp3) is 0.417. The first-order chi connectivity index (χ1) is 8.36. The molecule has 6 heteroatoms. The third kappa shape index (κ3) is 2.54. The molecule has 0 unspecified atom stereocenters. The predicted octanol–water partition coefficient (Wildman–Crippen LogP) is 1.14. The van der Waals surface area contributed by atoms with Crippen molar-refractivity contribution < 1.29 is 18.3 Å². The molecule has 0 spiro atoms. The normalized spacial score (nSPS) is 17.4. The van der Waals surface area contributed by atoms with E-state index in [0.717, 1.165) is 5.56 Å². The van der Waals surface area contributed by atoms with Gasteiger partial charge in [0.2, 0.25) is 10.0 Å². The van der Waals surface area contributed by atoms with Crippen LogP contribution in [0.25, 0.3) is 0 Å². The summed E-state index contributed by atoms with van der Waals surface area (Å²) in [6.45, 7) is 1.76. The van der Waals surface area contributed by atoms with Crippen molar-refractivity contribution in [1.29, 1.82) is 0 Å². The second-order valence-corrected chi connectivity index (χ2v) is 6.49. The number of carbonyl (C=O) groups is 1. The molecule has 1 aromatic rings. The van der Waals surface area contributed by atoms with Gasteiger partial charge in [0, 0.05) is 6.54 Å². The van der Waals surface area contributed by atoms with E-state index in [1.54, 1.807) is 25.1 Å². The summed E-state index contributed by atoms with van der Waals surface area (Å²) in [5, 5.41) is 8.98. The highest BCUT2D eigenvalue weighted by Gasteiger charge is 2.50. The van der Waals surface area contributed by atoms with Gasteiger partial charge in [0.1, 0.15) is 0 Å². The molecule has 18 heavy (non-hydrogen) atoms. The number of carboxylic acids is 1. The number of rotatable bonds is 5. The number of hydrogen-bond acceptors (Lipinski definition) is 3. The van der Waals surface area contributed by atoms with Crippen LogP contribution in [0.15, 0.2) is 29.2 Å². The average Bonchev–Trinajstić information content (AvgIpc) is 3.07. The summed E-state index contributed by atoms with van der Waals surface area (Å²) in [4.78, 5) is 11.1. The summed E-state index contributed by atoms with van der Waals surface area (Å²) in [5.41, 5.74) is -0.0473. The highest BCUT2D eigenvalue weighted by Crippen LogP contribution is 2.45. The standard InChI is InChI=1S/C12H15NO4S/c1-9-3-2-4-10(7-9)18(16,17)13-8-12(5-6-12)11(14)15/h2-4,7,13H,5-6,8H2,1H3,(H,14,15). The summed E-state index contributed by atoms with van der Waals surface area (Å²) in [7, 11) is -3.62. The summed E-state index contributed by atoms with van der Waals surface area (Å²) >= 11 is 0. The molecule has 1 aliphatic carbocycles. The van der Waals surface area contributed by atoms with Gasteiger partial charge in [0.25, 0.3) is 0 Å². The summed E-state index contributed by atoms with van der Waals surface area (Å²) in [6.07, 6.45) is 1.05. The summed E-state index contributed by atoms with van der Waals surface area (Å²) in [6, 6.07) is 6.52. The van der Waals surface area contributed by atoms with E-state index in [9.17, 15) is 13.2 Å². The maximum Gasteiger partial charge on any atom is 0.310 e. The number of hydrogen-bond donors (Lipinski definition) is 2. The first-order valence-electron chi connectivity index (χ1n) is 5.65. The van der Waals surface area contributed by atoms with Crippen LogP contribution in [0.5, 0.6) is 0 Å². The molecule has 0 heterocycles. The molecule has 0 aliphatic heterocycles. The van der Waals surface area contributed by atoms with E-state index in [-0.39, 0.29) is 11.4 Å². The number of aryl methyl sites for hydroxylation is 1. The van der Waals surface area contributed by atoms with Gasteiger partial charge in [-0.25, -0.2) is 13.1 Å². The second kappa shape index (κ2) is 4.37. The fourth-order valence-electron chi connectivity index (χ4n) is 1.72. The van der Waals surface area contributed by atoms with E-state index in [1.807, 2.05) is 0 Å². The molecule has 2 N–H and O–H groups in total. The van der Waals surface area contributed by atoms with E-state index in [2.05, 4.69) is 4.72 Å². The fourth-order valence-corrected chi connectivity index (χ4v) is 2.95. The minimum absolute atomic E-state index is 0.0430. The van der Waals surface area contributed by atoms with Crippen molar-refractivity contribution in [1.82, 2.24) is 4.72 Å². The second-order valence-electron chi connectivity index (χ2n) is 4.73. The molecular weight excluding hydrogens is 254 g/mol. The Kier molecular flexibility index (Phi) is 3.16. The number of sulfonamides is 1. The van der Waals surface area contributed by atoms with Crippen molar-refractivity contribution in [3.63, 3.8) is 0 Å². The van der Waals surface area contributed by atoms with E-state index in [1.165, 1.54) is 6.07 Å². The Hall–Kier alpha value is -1.40. The molecule has 0 bridgehead atoms. The van der Waals surface area contributed by atoms with E-state index in [4.69, 9.17) is 5.11 Å². The zero-order valence-electron chi connectivity index (χ0n) is 10.0. The van der Waals surface area contributed by atoms with Crippen LogP contribution in [0, 0.1) is 12.3 Å². The van der Waals surface area contributed by atoms with Crippen molar-refractivity contribution >= 4 is 16.0 Å². The first kappa shape index (κ1) is 13.0. The van der Waals surface area contributed by atoms with Crippen LogP contribution in [-0.4, -0.2) is 26.0 Å². The lowest BCUT2D eigenvalue weighted by atomic mass is 10.1. The Balaban J connectivity index is 2.11. The van der Waals surface area contributed by atoms with Crippen LogP contribution in [0.4, 0.5) is 0 Å². The molecule has 0 radical (unpaired) electrons. The van der Waals surface area contributed by atoms with Crippen molar-refractivity contribution in [2.45, 2.75) is 24.7 Å². The Morgan fingerprint density at radius 1 is 1.44 bits per heavy atom. The number of nitrogens with one attached hydrogen (secondary N) is 1. The van der Waals surface area contributed by atoms with Gasteiger partial charge in [-0.3, -0.25) is 4.79 Å². The van der Waals surface area contributed by atoms with Crippen LogP contribution in [0.1, 0.15) is 18.4 Å². The van der Waals surface area contributed by atoms with E-state index >= 15 is 0 Å². The SMILES string of the molecule is Cc1cccc(S(=O)(=O)NCC2(C(=O)O)CC2)c1. The third-order valence-electron chi connectivity index (χ3n) is 3.21. The first-order valence-corrected chi connectivity index (χ1v) is 7.14. The van der Waals surface area contributed by atoms with Gasteiger partial charge in [0.05, 0.1) is 10.3 Å². The highest BCUT2D eigenvalue weighted by molar-refractivity contribution is 7.89. The summed E-state index contributed by atoms with van der Waals surface area (Å²) in [5.74, 6) is -0.936. The van der Waals surface area contributed by atoms with Crippen LogP contribution >= 0.6 is 0 Å². The Morgan fingerprint density at radius 2 is 2.11 bits per heavy atom. The van der Waals surface area contributed by atoms with Gasteiger partial charge < -0.3 is 5.11 Å². The molecule has 0 aromatic heterocycles. The van der Waals surface area contributed by atoms with Crippen LogP contribution in [0.3, 0.4) is 0 Å². The van der Waals surface area contributed by atoms with Crippen molar-refractivity contribution in [3.05, 3.63) is 29.8 Å². The molecule has 1 fully saturated rings. The monoisotopic (exact) mass is 269 g/mol. The van der Waals surface area contributed by atoms with E-state index in [0.29, 0.717) is 12.8 Å². The van der Waals surface area contributed by atoms with Gasteiger partial charge in [0.15, 0.2) is 0 Å². The molecule has 98 valence electrons. The van der Waals surface area contributed by atoms with Crippen molar-refractivity contribution in [2.24, 2.45) is 5.41 Å². The Bertz CT molecular complexity index is 575. The highest BCUT2D eigenvalue weighted by atomic mass is 32.2. The third-order valence-corrected chi connectivity index (χ3v) is 4.61. The molecule has 0 amide bonds. The minimum atomic E-state index is -3.62. The lowest BCUT2D eigenvalue weighted by Gasteiger charge is -2.11. The van der Waals surface area contributed by atoms with Crippen molar-refractivity contribution in [3.8, 4) is 0 Å². The molecule has 1 aliphatic rings. The van der Waals surface area contributed by atoms with Crippen LogP contribution < -0.4 is 4.72 Å². The van der Waals surface area contributed by atoms with Gasteiger partial charge in [-0.15, -0.1) is 0 Å². The number of benzene rings is 1. The minimum Gasteiger partial charge on any atom is -0.481 e. The van der Waals surface area contributed by atoms with Crippen molar-refractivity contribution in [2.75, 3.05) is 6.54 Å². The van der Waals surface area contributed by atoms with Gasteiger partial charge in [-0.05, 0) is 37.5 Å². The van der Waals surface area contributed by atoms with Gasteiger partial charge in [-0.1, -0.05) is 12.1 Å². The smallest absolute Gasteiger partial charge is 0.310 e. The Morgan fingerprint density at radius 3 is 2.61 bits per heavy atom. The van der Waals surface area contributed by atoms with E-state index < -0.39 is 21.4 Å². The molecule has 0 atom stereocenters. The largest absolute Gasteiger partial charge is 0.481 e. The maximum atomic E-state index is 12.0. The zero-order chi connectivity index (χ0) is 13.4. The number of aliphatic carboxylic acids is 1. The number of carboxylic acid groups (broad SMARTS) is 1. The topological polar surface area (TPSA) is 83.5 Å². The Labute approximate surface area is 106 Å². The maximum absolute atomic E-state index is 12.0. The molecule has 1 aromatic carbocycles. The lowest BCUT2D eigenvalue weighted by molar-refractivity contribution is -0.143. The zero-order valence-corrected chi connectivity index (χ0v) is 10.8. The molecular formula is C12H15NO4S. The average molecular weight is 269 g/mol. The molecule has 2 rings (SSSR count). The summed E-state index contributed by atoms with van der Waals surface area (Å²) < 4.78 is 26.3.